The Labute approximate surface area is 113 Å². The molecule has 0 spiro atoms. The summed E-state index contributed by atoms with van der Waals surface area (Å²) in [6.07, 6.45) is 0. The van der Waals surface area contributed by atoms with Gasteiger partial charge in [0.05, 0.1) is 0 Å². The molecule has 1 heterocycles. The Kier molecular flexibility index (Phi) is 3.13. The quantitative estimate of drug-likeness (QED) is 0.895. The zero-order valence-electron chi connectivity index (χ0n) is 11.0. The van der Waals surface area contributed by atoms with E-state index < -0.39 is 0 Å². The van der Waals surface area contributed by atoms with E-state index in [-0.39, 0.29) is 0 Å². The van der Waals surface area contributed by atoms with Crippen molar-refractivity contribution < 1.29 is 9.84 Å². The smallest absolute Gasteiger partial charge is 0.142 e. The lowest BCUT2D eigenvalue weighted by Gasteiger charge is -2.29. The normalized spacial score (nSPS) is 14.8. The second kappa shape index (κ2) is 4.94. The summed E-state index contributed by atoms with van der Waals surface area (Å²) in [5.74, 6) is 1.23. The van der Waals surface area contributed by atoms with Gasteiger partial charge in [-0.1, -0.05) is 30.3 Å². The molecule has 0 saturated carbocycles. The predicted molar refractivity (Wildman–Crippen MR) is 74.0 cm³/mol. The standard InChI is InChI=1S/C16H17NO2/c1-12-7-16-14(8-15(12)18)10-17(11-19-16)9-13-5-3-2-4-6-13/h2-8,18H,9-11H2,1H3. The van der Waals surface area contributed by atoms with Crippen LogP contribution in [0.2, 0.25) is 0 Å². The summed E-state index contributed by atoms with van der Waals surface area (Å²) in [4.78, 5) is 2.21. The molecule has 0 amide bonds. The van der Waals surface area contributed by atoms with Crippen molar-refractivity contribution in [1.82, 2.24) is 4.90 Å². The summed E-state index contributed by atoms with van der Waals surface area (Å²) in [5.41, 5.74) is 3.17. The number of aryl methyl sites for hydroxylation is 1. The van der Waals surface area contributed by atoms with Crippen molar-refractivity contribution in [3.8, 4) is 11.5 Å². The largest absolute Gasteiger partial charge is 0.508 e. The number of benzene rings is 2. The lowest BCUT2D eigenvalue weighted by atomic mass is 10.1. The molecule has 0 saturated heterocycles. The minimum absolute atomic E-state index is 0.337. The van der Waals surface area contributed by atoms with Crippen LogP contribution < -0.4 is 4.74 Å². The predicted octanol–water partition coefficient (Wildman–Crippen LogP) is 3.05. The number of fused-ring (bicyclic) bond motifs is 1. The minimum atomic E-state index is 0.337. The molecule has 3 nitrogen and oxygen atoms in total. The maximum atomic E-state index is 9.78. The molecule has 2 aromatic carbocycles. The second-order valence-corrected chi connectivity index (χ2v) is 4.99. The van der Waals surface area contributed by atoms with Crippen LogP contribution in [-0.4, -0.2) is 16.7 Å². The Morgan fingerprint density at radius 3 is 2.79 bits per heavy atom. The van der Waals surface area contributed by atoms with E-state index >= 15 is 0 Å². The molecule has 0 bridgehead atoms. The fourth-order valence-electron chi connectivity index (χ4n) is 2.36. The molecule has 0 atom stereocenters. The summed E-state index contributed by atoms with van der Waals surface area (Å²) in [6.45, 7) is 4.13. The molecule has 2 aromatic rings. The second-order valence-electron chi connectivity index (χ2n) is 4.99. The van der Waals surface area contributed by atoms with Gasteiger partial charge < -0.3 is 9.84 Å². The first-order valence-electron chi connectivity index (χ1n) is 6.44. The zero-order chi connectivity index (χ0) is 13.2. The van der Waals surface area contributed by atoms with Crippen molar-refractivity contribution in [2.45, 2.75) is 20.0 Å². The van der Waals surface area contributed by atoms with Gasteiger partial charge in [0, 0.05) is 18.7 Å². The van der Waals surface area contributed by atoms with Gasteiger partial charge in [-0.2, -0.15) is 0 Å². The first-order chi connectivity index (χ1) is 9.22. The van der Waals surface area contributed by atoms with E-state index in [9.17, 15) is 5.11 Å². The minimum Gasteiger partial charge on any atom is -0.508 e. The summed E-state index contributed by atoms with van der Waals surface area (Å²) in [5, 5.41) is 9.78. The van der Waals surface area contributed by atoms with Crippen LogP contribution in [0.4, 0.5) is 0 Å². The number of nitrogens with zero attached hydrogens (tertiary/aromatic N) is 1. The van der Waals surface area contributed by atoms with Crippen LogP contribution in [0.3, 0.4) is 0 Å². The van der Waals surface area contributed by atoms with Gasteiger partial charge >= 0.3 is 0 Å². The molecule has 1 aliphatic rings. The van der Waals surface area contributed by atoms with Crippen LogP contribution in [0.5, 0.6) is 11.5 Å². The highest BCUT2D eigenvalue weighted by atomic mass is 16.5. The maximum absolute atomic E-state index is 9.78. The van der Waals surface area contributed by atoms with Crippen LogP contribution in [0.25, 0.3) is 0 Å². The average molecular weight is 255 g/mol. The van der Waals surface area contributed by atoms with Crippen molar-refractivity contribution in [2.75, 3.05) is 6.73 Å². The first kappa shape index (κ1) is 12.1. The highest BCUT2D eigenvalue weighted by Crippen LogP contribution is 2.31. The van der Waals surface area contributed by atoms with Crippen molar-refractivity contribution in [2.24, 2.45) is 0 Å². The Morgan fingerprint density at radius 2 is 2.00 bits per heavy atom. The lowest BCUT2D eigenvalue weighted by molar-refractivity contribution is 0.0884. The van der Waals surface area contributed by atoms with Gasteiger partial charge in [-0.15, -0.1) is 0 Å². The fourth-order valence-corrected chi connectivity index (χ4v) is 2.36. The SMILES string of the molecule is Cc1cc2c(cc1O)CN(Cc1ccccc1)CO2. The molecule has 0 radical (unpaired) electrons. The Bertz CT molecular complexity index is 581. The van der Waals surface area contributed by atoms with Gasteiger partial charge in [0.1, 0.15) is 18.2 Å². The van der Waals surface area contributed by atoms with Gasteiger partial charge in [-0.25, -0.2) is 0 Å². The number of phenols is 1. The topological polar surface area (TPSA) is 32.7 Å². The van der Waals surface area contributed by atoms with E-state index in [0.29, 0.717) is 12.5 Å². The maximum Gasteiger partial charge on any atom is 0.142 e. The molecular weight excluding hydrogens is 238 g/mol. The average Bonchev–Trinajstić information content (AvgIpc) is 2.42. The molecule has 0 aliphatic carbocycles. The molecule has 3 heteroatoms. The first-order valence-corrected chi connectivity index (χ1v) is 6.44. The number of ether oxygens (including phenoxy) is 1. The fraction of sp³-hybridized carbons (Fsp3) is 0.250. The van der Waals surface area contributed by atoms with E-state index in [4.69, 9.17) is 4.74 Å². The van der Waals surface area contributed by atoms with Gasteiger partial charge in [0.2, 0.25) is 0 Å². The monoisotopic (exact) mass is 255 g/mol. The van der Waals surface area contributed by atoms with Crippen LogP contribution >= 0.6 is 0 Å². The number of hydrogen-bond donors (Lipinski definition) is 1. The van der Waals surface area contributed by atoms with Crippen LogP contribution in [0.1, 0.15) is 16.7 Å². The summed E-state index contributed by atoms with van der Waals surface area (Å²) in [6, 6.07) is 14.1. The zero-order valence-corrected chi connectivity index (χ0v) is 11.0. The van der Waals surface area contributed by atoms with Crippen molar-refractivity contribution >= 4 is 0 Å². The molecule has 0 unspecified atom stereocenters. The molecule has 0 aromatic heterocycles. The van der Waals surface area contributed by atoms with Crippen LogP contribution in [0.15, 0.2) is 42.5 Å². The van der Waals surface area contributed by atoms with Crippen molar-refractivity contribution in [3.05, 3.63) is 59.2 Å². The summed E-state index contributed by atoms with van der Waals surface area (Å²) in [7, 11) is 0. The molecular formula is C16H17NO2. The summed E-state index contributed by atoms with van der Waals surface area (Å²) >= 11 is 0. The van der Waals surface area contributed by atoms with E-state index in [1.807, 2.05) is 37.3 Å². The van der Waals surface area contributed by atoms with Gasteiger partial charge in [-0.05, 0) is 30.2 Å². The number of phenolic OH excluding ortho intramolecular Hbond substituents is 1. The van der Waals surface area contributed by atoms with Crippen molar-refractivity contribution in [3.63, 3.8) is 0 Å². The highest BCUT2D eigenvalue weighted by molar-refractivity contribution is 5.45. The van der Waals surface area contributed by atoms with Crippen molar-refractivity contribution in [1.29, 1.82) is 0 Å². The lowest BCUT2D eigenvalue weighted by Crippen LogP contribution is -2.31. The van der Waals surface area contributed by atoms with Gasteiger partial charge in [0.15, 0.2) is 0 Å². The Morgan fingerprint density at radius 1 is 1.21 bits per heavy atom. The van der Waals surface area contributed by atoms with Crippen LogP contribution in [0, 0.1) is 6.92 Å². The molecule has 1 aliphatic heterocycles. The third-order valence-electron chi connectivity index (χ3n) is 3.42. The molecule has 1 N–H and O–H groups in total. The van der Waals surface area contributed by atoms with E-state index in [1.54, 1.807) is 0 Å². The molecule has 19 heavy (non-hydrogen) atoms. The van der Waals surface area contributed by atoms with E-state index in [2.05, 4.69) is 17.0 Å². The van der Waals surface area contributed by atoms with E-state index in [1.165, 1.54) is 5.56 Å². The van der Waals surface area contributed by atoms with Gasteiger partial charge in [-0.3, -0.25) is 4.90 Å². The number of aromatic hydroxyl groups is 1. The third-order valence-corrected chi connectivity index (χ3v) is 3.42. The Hall–Kier alpha value is -2.00. The summed E-state index contributed by atoms with van der Waals surface area (Å²) < 4.78 is 5.76. The number of rotatable bonds is 2. The molecule has 0 fully saturated rings. The molecule has 3 rings (SSSR count). The van der Waals surface area contributed by atoms with Crippen LogP contribution in [-0.2, 0) is 13.1 Å². The molecule has 98 valence electrons. The Balaban J connectivity index is 1.77. The third kappa shape index (κ3) is 2.56. The van der Waals surface area contributed by atoms with Gasteiger partial charge in [0.25, 0.3) is 0 Å². The van der Waals surface area contributed by atoms with E-state index in [0.717, 1.165) is 30.0 Å². The highest BCUT2D eigenvalue weighted by Gasteiger charge is 2.18. The number of hydrogen-bond acceptors (Lipinski definition) is 3.